The first-order valence-corrected chi connectivity index (χ1v) is 8.77. The van der Waals surface area contributed by atoms with Crippen LogP contribution < -0.4 is 5.73 Å². The third-order valence-corrected chi connectivity index (χ3v) is 5.24. The van der Waals surface area contributed by atoms with Gasteiger partial charge in [-0.15, -0.1) is 0 Å². The van der Waals surface area contributed by atoms with Crippen molar-refractivity contribution in [2.75, 3.05) is 0 Å². The Morgan fingerprint density at radius 3 is 2.56 bits per heavy atom. The number of fused-ring (bicyclic) bond motifs is 1. The van der Waals surface area contributed by atoms with Crippen LogP contribution in [0, 0.1) is 20.8 Å². The molecule has 0 aliphatic heterocycles. The second-order valence-corrected chi connectivity index (χ2v) is 6.88. The van der Waals surface area contributed by atoms with Gasteiger partial charge >= 0.3 is 0 Å². The highest BCUT2D eigenvalue weighted by molar-refractivity contribution is 5.94. The van der Waals surface area contributed by atoms with Crippen LogP contribution in [-0.2, 0) is 13.0 Å². The molecule has 1 aromatic heterocycles. The van der Waals surface area contributed by atoms with E-state index in [1.54, 1.807) is 0 Å². The number of nitrogens with two attached hydrogens (primary N) is 1. The topological polar surface area (TPSA) is 39.2 Å². The first-order valence-electron chi connectivity index (χ1n) is 8.77. The van der Waals surface area contributed by atoms with E-state index in [-0.39, 0.29) is 0 Å². The minimum Gasteiger partial charge on any atom is -0.462 e. The van der Waals surface area contributed by atoms with Crippen LogP contribution in [0.2, 0.25) is 0 Å². The van der Waals surface area contributed by atoms with Crippen molar-refractivity contribution in [3.05, 3.63) is 81.8 Å². The van der Waals surface area contributed by atoms with Crippen LogP contribution in [0.3, 0.4) is 0 Å². The van der Waals surface area contributed by atoms with E-state index in [9.17, 15) is 0 Å². The van der Waals surface area contributed by atoms with Crippen LogP contribution in [0.15, 0.2) is 46.9 Å². The number of benzene rings is 2. The number of hydrogen-bond donors (Lipinski definition) is 1. The van der Waals surface area contributed by atoms with Crippen molar-refractivity contribution < 1.29 is 4.42 Å². The molecule has 4 rings (SSSR count). The van der Waals surface area contributed by atoms with E-state index in [4.69, 9.17) is 10.2 Å². The number of allylic oxidation sites excluding steroid dienone is 1. The summed E-state index contributed by atoms with van der Waals surface area (Å²) in [5.74, 6) is 1.93. The second kappa shape index (κ2) is 6.05. The van der Waals surface area contributed by atoms with Crippen molar-refractivity contribution in [1.82, 2.24) is 0 Å². The van der Waals surface area contributed by atoms with E-state index < -0.39 is 0 Å². The lowest BCUT2D eigenvalue weighted by atomic mass is 9.87. The Kier molecular flexibility index (Phi) is 3.85. The maximum absolute atomic E-state index is 6.01. The maximum Gasteiger partial charge on any atom is 0.130 e. The number of furan rings is 1. The molecule has 2 N–H and O–H groups in total. The fourth-order valence-electron chi connectivity index (χ4n) is 3.80. The lowest BCUT2D eigenvalue weighted by Crippen LogP contribution is -2.02. The number of rotatable bonds is 3. The zero-order chi connectivity index (χ0) is 17.6. The van der Waals surface area contributed by atoms with Crippen LogP contribution in [0.4, 0.5) is 0 Å². The van der Waals surface area contributed by atoms with Crippen molar-refractivity contribution >= 4 is 11.6 Å². The van der Waals surface area contributed by atoms with E-state index in [0.29, 0.717) is 6.54 Å². The highest BCUT2D eigenvalue weighted by Gasteiger charge is 2.23. The molecule has 0 bridgehead atoms. The predicted molar refractivity (Wildman–Crippen MR) is 104 cm³/mol. The van der Waals surface area contributed by atoms with E-state index in [2.05, 4.69) is 56.3 Å². The smallest absolute Gasteiger partial charge is 0.130 e. The van der Waals surface area contributed by atoms with Crippen LogP contribution in [0.5, 0.6) is 0 Å². The van der Waals surface area contributed by atoms with E-state index in [1.807, 2.05) is 13.0 Å². The molecule has 3 aromatic rings. The Morgan fingerprint density at radius 1 is 1.04 bits per heavy atom. The van der Waals surface area contributed by atoms with Gasteiger partial charge in [0.2, 0.25) is 0 Å². The molecule has 2 heteroatoms. The number of hydrogen-bond acceptors (Lipinski definition) is 2. The van der Waals surface area contributed by atoms with Gasteiger partial charge in [-0.1, -0.05) is 30.3 Å². The molecule has 0 fully saturated rings. The third kappa shape index (κ3) is 2.63. The van der Waals surface area contributed by atoms with Gasteiger partial charge in [0.1, 0.15) is 11.5 Å². The van der Waals surface area contributed by atoms with Gasteiger partial charge in [-0.3, -0.25) is 0 Å². The quantitative estimate of drug-likeness (QED) is 0.696. The van der Waals surface area contributed by atoms with Gasteiger partial charge in [0.05, 0.1) is 0 Å². The molecule has 0 unspecified atom stereocenters. The highest BCUT2D eigenvalue weighted by atomic mass is 16.3. The first kappa shape index (κ1) is 15.9. The van der Waals surface area contributed by atoms with Crippen molar-refractivity contribution in [3.63, 3.8) is 0 Å². The Labute approximate surface area is 149 Å². The Bertz CT molecular complexity index is 991. The zero-order valence-electron chi connectivity index (χ0n) is 15.0. The summed E-state index contributed by atoms with van der Waals surface area (Å²) >= 11 is 0. The number of aryl methyl sites for hydroxylation is 2. The van der Waals surface area contributed by atoms with Crippen LogP contribution >= 0.6 is 0 Å². The molecule has 126 valence electrons. The lowest BCUT2D eigenvalue weighted by Gasteiger charge is -2.17. The third-order valence-electron chi connectivity index (χ3n) is 5.24. The molecule has 0 saturated carbocycles. The van der Waals surface area contributed by atoms with Crippen LogP contribution in [0.25, 0.3) is 22.8 Å². The molecule has 2 nitrogen and oxygen atoms in total. The van der Waals surface area contributed by atoms with Crippen molar-refractivity contribution in [2.24, 2.45) is 5.73 Å². The average molecular weight is 329 g/mol. The molecular weight excluding hydrogens is 306 g/mol. The molecule has 25 heavy (non-hydrogen) atoms. The van der Waals surface area contributed by atoms with E-state index in [0.717, 1.165) is 17.9 Å². The summed E-state index contributed by atoms with van der Waals surface area (Å²) in [6.07, 6.45) is 3.21. The zero-order valence-corrected chi connectivity index (χ0v) is 15.0. The second-order valence-electron chi connectivity index (χ2n) is 6.88. The van der Waals surface area contributed by atoms with Crippen LogP contribution in [0.1, 0.15) is 39.3 Å². The van der Waals surface area contributed by atoms with Gasteiger partial charge in [0.15, 0.2) is 0 Å². The van der Waals surface area contributed by atoms with Gasteiger partial charge in [-0.25, -0.2) is 0 Å². The molecule has 1 heterocycles. The average Bonchev–Trinajstić information content (AvgIpc) is 3.22. The fourth-order valence-corrected chi connectivity index (χ4v) is 3.80. The van der Waals surface area contributed by atoms with Gasteiger partial charge < -0.3 is 10.2 Å². The van der Waals surface area contributed by atoms with Gasteiger partial charge in [-0.05, 0) is 83.5 Å². The first-order chi connectivity index (χ1) is 12.1. The minimum absolute atomic E-state index is 0.548. The molecule has 1 aliphatic carbocycles. The standard InChI is InChI=1S/C23H23NO/c1-14-10-18-11-19(22-9-8-15(2)25-22)12-21(18)23(16(14)3)20-7-5-4-6-17(20)13-24/h4-10,12H,11,13,24H2,1-3H3. The monoisotopic (exact) mass is 329 g/mol. The SMILES string of the molecule is Cc1ccc(C2=Cc3c(cc(C)c(C)c3-c3ccccc3CN)C2)o1. The Morgan fingerprint density at radius 2 is 1.84 bits per heavy atom. The summed E-state index contributed by atoms with van der Waals surface area (Å²) in [5.41, 5.74) is 16.3. The molecule has 0 spiro atoms. The van der Waals surface area contributed by atoms with Crippen molar-refractivity contribution in [3.8, 4) is 11.1 Å². The van der Waals surface area contributed by atoms with Gasteiger partial charge in [-0.2, -0.15) is 0 Å². The lowest BCUT2D eigenvalue weighted by molar-refractivity contribution is 0.521. The summed E-state index contributed by atoms with van der Waals surface area (Å²) in [6, 6.07) is 14.9. The molecular formula is C23H23NO. The van der Waals surface area contributed by atoms with E-state index >= 15 is 0 Å². The largest absolute Gasteiger partial charge is 0.462 e. The van der Waals surface area contributed by atoms with Crippen LogP contribution in [-0.4, -0.2) is 0 Å². The minimum atomic E-state index is 0.548. The Balaban J connectivity index is 1.93. The normalized spacial score (nSPS) is 13.0. The molecule has 0 atom stereocenters. The molecule has 0 radical (unpaired) electrons. The summed E-state index contributed by atoms with van der Waals surface area (Å²) in [4.78, 5) is 0. The summed E-state index contributed by atoms with van der Waals surface area (Å²) < 4.78 is 5.86. The molecule has 2 aromatic carbocycles. The Hall–Kier alpha value is -2.58. The molecule has 0 saturated heterocycles. The van der Waals surface area contributed by atoms with Crippen molar-refractivity contribution in [2.45, 2.75) is 33.7 Å². The molecule has 1 aliphatic rings. The molecule has 0 amide bonds. The highest BCUT2D eigenvalue weighted by Crippen LogP contribution is 2.41. The summed E-state index contributed by atoms with van der Waals surface area (Å²) in [5, 5.41) is 0. The predicted octanol–water partition coefficient (Wildman–Crippen LogP) is 5.43. The van der Waals surface area contributed by atoms with Crippen molar-refractivity contribution in [1.29, 1.82) is 0 Å². The summed E-state index contributed by atoms with van der Waals surface area (Å²) in [6.45, 7) is 6.94. The van der Waals surface area contributed by atoms with Gasteiger partial charge in [0, 0.05) is 13.0 Å². The summed E-state index contributed by atoms with van der Waals surface area (Å²) in [7, 11) is 0. The maximum atomic E-state index is 6.01. The van der Waals surface area contributed by atoms with E-state index in [1.165, 1.54) is 44.5 Å². The van der Waals surface area contributed by atoms with Gasteiger partial charge in [0.25, 0.3) is 0 Å². The fraction of sp³-hybridized carbons (Fsp3) is 0.217.